The highest BCUT2D eigenvalue weighted by molar-refractivity contribution is 7.91. The highest BCUT2D eigenvalue weighted by atomic mass is 35.5. The molecule has 0 spiro atoms. The molecule has 7 heteroatoms. The van der Waals surface area contributed by atoms with Crippen molar-refractivity contribution < 1.29 is 22.3 Å². The van der Waals surface area contributed by atoms with Crippen LogP contribution in [-0.4, -0.2) is 36.5 Å². The van der Waals surface area contributed by atoms with Crippen LogP contribution in [0.2, 0.25) is 0 Å². The van der Waals surface area contributed by atoms with Crippen molar-refractivity contribution in [3.63, 3.8) is 0 Å². The first-order valence-corrected chi connectivity index (χ1v) is 7.39. The summed E-state index contributed by atoms with van der Waals surface area (Å²) in [7, 11) is -3.24. The highest BCUT2D eigenvalue weighted by Crippen LogP contribution is 2.37. The van der Waals surface area contributed by atoms with E-state index in [1.165, 1.54) is 0 Å². The van der Waals surface area contributed by atoms with Gasteiger partial charge < -0.3 is 5.11 Å². The third-order valence-corrected chi connectivity index (χ3v) is 4.92. The number of sulfone groups is 1. The van der Waals surface area contributed by atoms with Crippen molar-refractivity contribution in [3.8, 4) is 0 Å². The quantitative estimate of drug-likeness (QED) is 0.800. The van der Waals surface area contributed by atoms with Gasteiger partial charge in [-0.1, -0.05) is 6.42 Å². The number of aliphatic hydroxyl groups is 1. The van der Waals surface area contributed by atoms with Crippen LogP contribution in [0.25, 0.3) is 0 Å². The SMILES string of the molecule is CS(=O)(=O)C1CCCC(C(O)C(F)(F)Cl)C1. The Bertz CT molecular complexity index is 339. The molecule has 0 aromatic rings. The van der Waals surface area contributed by atoms with E-state index >= 15 is 0 Å². The smallest absolute Gasteiger partial charge is 0.347 e. The zero-order valence-electron chi connectivity index (χ0n) is 8.87. The summed E-state index contributed by atoms with van der Waals surface area (Å²) in [5.41, 5.74) is 0. The lowest BCUT2D eigenvalue weighted by atomic mass is 9.85. The normalized spacial score (nSPS) is 30.1. The highest BCUT2D eigenvalue weighted by Gasteiger charge is 2.44. The molecule has 0 aliphatic heterocycles. The summed E-state index contributed by atoms with van der Waals surface area (Å²) in [6.07, 6.45) is 0.546. The van der Waals surface area contributed by atoms with Crippen molar-refractivity contribution in [1.82, 2.24) is 0 Å². The van der Waals surface area contributed by atoms with Crippen molar-refractivity contribution in [2.45, 2.75) is 42.4 Å². The summed E-state index contributed by atoms with van der Waals surface area (Å²) >= 11 is 4.75. The van der Waals surface area contributed by atoms with Gasteiger partial charge >= 0.3 is 5.38 Å². The molecule has 1 rings (SSSR count). The Kier molecular flexibility index (Phi) is 4.18. The summed E-state index contributed by atoms with van der Waals surface area (Å²) in [6.45, 7) is 0. The minimum Gasteiger partial charge on any atom is -0.385 e. The van der Waals surface area contributed by atoms with Gasteiger partial charge in [0.25, 0.3) is 0 Å². The van der Waals surface area contributed by atoms with Gasteiger partial charge in [0.2, 0.25) is 0 Å². The van der Waals surface area contributed by atoms with Gasteiger partial charge in [-0.05, 0) is 36.8 Å². The van der Waals surface area contributed by atoms with Crippen molar-refractivity contribution in [2.75, 3.05) is 6.26 Å². The van der Waals surface area contributed by atoms with Gasteiger partial charge in [0.1, 0.15) is 15.9 Å². The maximum atomic E-state index is 12.7. The summed E-state index contributed by atoms with van der Waals surface area (Å²) < 4.78 is 48.0. The summed E-state index contributed by atoms with van der Waals surface area (Å²) in [5, 5.41) is 4.99. The van der Waals surface area contributed by atoms with E-state index in [1.807, 2.05) is 0 Å². The van der Waals surface area contributed by atoms with Crippen molar-refractivity contribution in [3.05, 3.63) is 0 Å². The molecule has 0 saturated heterocycles. The van der Waals surface area contributed by atoms with Crippen LogP contribution in [0, 0.1) is 5.92 Å². The first-order valence-electron chi connectivity index (χ1n) is 5.06. The lowest BCUT2D eigenvalue weighted by molar-refractivity contribution is -0.0774. The minimum atomic E-state index is -3.69. The average molecular weight is 277 g/mol. The van der Waals surface area contributed by atoms with E-state index in [0.717, 1.165) is 6.26 Å². The molecule has 1 N–H and O–H groups in total. The number of rotatable bonds is 3. The van der Waals surface area contributed by atoms with Crippen molar-refractivity contribution in [1.29, 1.82) is 0 Å². The number of hydrogen-bond donors (Lipinski definition) is 1. The molecule has 0 aromatic heterocycles. The Labute approximate surface area is 98.7 Å². The van der Waals surface area contributed by atoms with E-state index in [4.69, 9.17) is 11.6 Å². The Balaban J connectivity index is 2.72. The fourth-order valence-corrected chi connectivity index (χ4v) is 3.49. The lowest BCUT2D eigenvalue weighted by Crippen LogP contribution is -2.40. The molecule has 3 atom stereocenters. The third kappa shape index (κ3) is 3.53. The maximum Gasteiger partial charge on any atom is 0.347 e. The Morgan fingerprint density at radius 2 is 2.00 bits per heavy atom. The summed E-state index contributed by atoms with van der Waals surface area (Å²) in [6, 6.07) is 0. The van der Waals surface area contributed by atoms with Gasteiger partial charge in [-0.2, -0.15) is 8.78 Å². The monoisotopic (exact) mass is 276 g/mol. The number of hydrogen-bond acceptors (Lipinski definition) is 3. The van der Waals surface area contributed by atoms with E-state index in [-0.39, 0.29) is 6.42 Å². The molecule has 0 bridgehead atoms. The van der Waals surface area contributed by atoms with Crippen molar-refractivity contribution in [2.24, 2.45) is 5.92 Å². The Morgan fingerprint density at radius 3 is 2.44 bits per heavy atom. The zero-order valence-corrected chi connectivity index (χ0v) is 10.4. The first-order chi connectivity index (χ1) is 7.12. The predicted molar refractivity (Wildman–Crippen MR) is 57.4 cm³/mol. The molecule has 3 unspecified atom stereocenters. The molecule has 0 radical (unpaired) electrons. The number of halogens is 3. The second-order valence-electron chi connectivity index (χ2n) is 4.36. The largest absolute Gasteiger partial charge is 0.385 e. The molecule has 3 nitrogen and oxygen atoms in total. The first kappa shape index (κ1) is 14.1. The van der Waals surface area contributed by atoms with E-state index in [9.17, 15) is 22.3 Å². The van der Waals surface area contributed by atoms with Gasteiger partial charge in [-0.15, -0.1) is 0 Å². The van der Waals surface area contributed by atoms with E-state index in [1.54, 1.807) is 0 Å². The van der Waals surface area contributed by atoms with Crippen LogP contribution in [0.15, 0.2) is 0 Å². The number of aliphatic hydroxyl groups excluding tert-OH is 1. The van der Waals surface area contributed by atoms with Crippen molar-refractivity contribution >= 4 is 21.4 Å². The molecule has 0 amide bonds. The zero-order chi connectivity index (χ0) is 12.6. The maximum absolute atomic E-state index is 12.7. The van der Waals surface area contributed by atoms with Gasteiger partial charge in [-0.3, -0.25) is 0 Å². The molecule has 1 saturated carbocycles. The summed E-state index contributed by atoms with van der Waals surface area (Å²) in [5.74, 6) is -0.749. The fourth-order valence-electron chi connectivity index (χ4n) is 2.12. The van der Waals surface area contributed by atoms with Crippen LogP contribution >= 0.6 is 11.6 Å². The Hall–Kier alpha value is 0.0600. The van der Waals surface area contributed by atoms with Gasteiger partial charge in [0.15, 0.2) is 0 Å². The molecule has 96 valence electrons. The molecule has 1 aliphatic carbocycles. The number of alkyl halides is 3. The van der Waals surface area contributed by atoms with Crippen LogP contribution in [0.1, 0.15) is 25.7 Å². The fraction of sp³-hybridized carbons (Fsp3) is 1.00. The molecule has 1 aliphatic rings. The van der Waals surface area contributed by atoms with Crippen LogP contribution < -0.4 is 0 Å². The van der Waals surface area contributed by atoms with E-state index in [0.29, 0.717) is 19.3 Å². The van der Waals surface area contributed by atoms with Crippen LogP contribution in [0.5, 0.6) is 0 Å². The predicted octanol–water partition coefficient (Wildman–Crippen LogP) is 1.78. The van der Waals surface area contributed by atoms with E-state index < -0.39 is 32.5 Å². The topological polar surface area (TPSA) is 54.4 Å². The Morgan fingerprint density at radius 1 is 1.44 bits per heavy atom. The molecule has 0 aromatic carbocycles. The molecule has 16 heavy (non-hydrogen) atoms. The standard InChI is InChI=1S/C9H15ClF2O3S/c1-16(14,15)7-4-2-3-6(5-7)8(13)9(10,11)12/h6-8,13H,2-5H2,1H3. The second kappa shape index (κ2) is 4.74. The van der Waals surface area contributed by atoms with E-state index in [2.05, 4.69) is 0 Å². The second-order valence-corrected chi connectivity index (χ2v) is 7.19. The van der Waals surface area contributed by atoms with Gasteiger partial charge in [0.05, 0.1) is 5.25 Å². The molecule has 1 fully saturated rings. The van der Waals surface area contributed by atoms with Crippen LogP contribution in [0.3, 0.4) is 0 Å². The molecule has 0 heterocycles. The van der Waals surface area contributed by atoms with Crippen LogP contribution in [0.4, 0.5) is 8.78 Å². The molecular formula is C9H15ClF2O3S. The third-order valence-electron chi connectivity index (χ3n) is 3.05. The van der Waals surface area contributed by atoms with Crippen LogP contribution in [-0.2, 0) is 9.84 Å². The molecular weight excluding hydrogens is 262 g/mol. The van der Waals surface area contributed by atoms with Gasteiger partial charge in [0, 0.05) is 6.26 Å². The lowest BCUT2D eigenvalue weighted by Gasteiger charge is -2.32. The van der Waals surface area contributed by atoms with Gasteiger partial charge in [-0.25, -0.2) is 8.42 Å². The minimum absolute atomic E-state index is 0.0578. The average Bonchev–Trinajstić information content (AvgIpc) is 2.14. The summed E-state index contributed by atoms with van der Waals surface area (Å²) in [4.78, 5) is 0.